The van der Waals surface area contributed by atoms with Gasteiger partial charge in [-0.2, -0.15) is 0 Å². The fourth-order valence-electron chi connectivity index (χ4n) is 4.80. The molecule has 3 aliphatic rings. The highest BCUT2D eigenvalue weighted by Gasteiger charge is 2.53. The van der Waals surface area contributed by atoms with E-state index in [0.717, 1.165) is 19.4 Å². The number of ether oxygens (including phenoxy) is 5. The monoisotopic (exact) mass is 550 g/mol. The molecule has 1 aliphatic carbocycles. The van der Waals surface area contributed by atoms with Gasteiger partial charge in [0, 0.05) is 12.0 Å². The number of fused-ring (bicyclic) bond motifs is 1. The maximum Gasteiger partial charge on any atom is 0.337 e. The normalized spacial score (nSPS) is 34.1. The molecule has 0 radical (unpaired) electrons. The Balaban J connectivity index is 1.56. The molecule has 9 atom stereocenters. The molecule has 13 nitrogen and oxygen atoms in total. The van der Waals surface area contributed by atoms with Crippen molar-refractivity contribution in [2.75, 3.05) is 20.3 Å². The number of hydrogen-bond donors (Lipinski definition) is 6. The van der Waals surface area contributed by atoms with Gasteiger partial charge in [-0.1, -0.05) is 12.1 Å². The van der Waals surface area contributed by atoms with Crippen LogP contribution in [0.3, 0.4) is 0 Å². The van der Waals surface area contributed by atoms with Gasteiger partial charge in [-0.3, -0.25) is 0 Å². The second kappa shape index (κ2) is 12.3. The van der Waals surface area contributed by atoms with Crippen LogP contribution in [-0.4, -0.2) is 106 Å². The summed E-state index contributed by atoms with van der Waals surface area (Å²) in [4.78, 5) is 25.2. The molecule has 1 saturated heterocycles. The van der Waals surface area contributed by atoms with Crippen molar-refractivity contribution in [3.8, 4) is 5.75 Å². The van der Waals surface area contributed by atoms with Gasteiger partial charge >= 0.3 is 11.9 Å². The van der Waals surface area contributed by atoms with E-state index < -0.39 is 80.1 Å². The highest BCUT2D eigenvalue weighted by molar-refractivity contribution is 5.90. The zero-order chi connectivity index (χ0) is 28.3. The van der Waals surface area contributed by atoms with Gasteiger partial charge in [-0.05, 0) is 35.4 Å². The average Bonchev–Trinajstić information content (AvgIpc) is 3.31. The second-order valence-electron chi connectivity index (χ2n) is 9.18. The maximum atomic E-state index is 12.7. The number of hydrogen-bond acceptors (Lipinski definition) is 13. The van der Waals surface area contributed by atoms with E-state index in [0.29, 0.717) is 11.1 Å². The van der Waals surface area contributed by atoms with E-state index >= 15 is 0 Å². The Morgan fingerprint density at radius 1 is 1.00 bits per heavy atom. The van der Waals surface area contributed by atoms with Crippen molar-refractivity contribution in [3.63, 3.8) is 0 Å². The molecule has 0 spiro atoms. The van der Waals surface area contributed by atoms with Crippen LogP contribution in [0, 0.1) is 11.8 Å². The number of methoxy groups -OCH3 is 1. The van der Waals surface area contributed by atoms with E-state index in [1.807, 2.05) is 0 Å². The third-order valence-electron chi connectivity index (χ3n) is 6.81. The minimum atomic E-state index is -1.72. The van der Waals surface area contributed by atoms with Crippen molar-refractivity contribution >= 4 is 18.0 Å². The SMILES string of the molecule is COC(=O)C1=CO[C@@H](O[C@@H]2O[C@H](CO)[C@@H](O)[C@H](O)[C@H]2O)[C@@H]2C(CO)=C[C@@H](OC(=O)/C=C/c3ccc(O)cc3)[C@H]12. The number of phenols is 1. The lowest BCUT2D eigenvalue weighted by atomic mass is 9.82. The fraction of sp³-hybridized carbons (Fsp3) is 0.462. The van der Waals surface area contributed by atoms with Crippen molar-refractivity contribution in [1.29, 1.82) is 0 Å². The predicted molar refractivity (Wildman–Crippen MR) is 129 cm³/mol. The van der Waals surface area contributed by atoms with Crippen LogP contribution in [0.25, 0.3) is 6.08 Å². The molecule has 0 unspecified atom stereocenters. The molecule has 0 aromatic heterocycles. The molecule has 2 aliphatic heterocycles. The third kappa shape index (κ3) is 5.99. The summed E-state index contributed by atoms with van der Waals surface area (Å²) in [5.41, 5.74) is 0.912. The minimum Gasteiger partial charge on any atom is -0.508 e. The van der Waals surface area contributed by atoms with Crippen molar-refractivity contribution in [1.82, 2.24) is 0 Å². The van der Waals surface area contributed by atoms with Crippen molar-refractivity contribution < 1.29 is 63.9 Å². The first-order chi connectivity index (χ1) is 18.7. The van der Waals surface area contributed by atoms with Gasteiger partial charge in [0.15, 0.2) is 6.29 Å². The molecule has 1 fully saturated rings. The molecule has 212 valence electrons. The van der Waals surface area contributed by atoms with Crippen LogP contribution in [0.2, 0.25) is 0 Å². The lowest BCUT2D eigenvalue weighted by Crippen LogP contribution is -2.60. The summed E-state index contributed by atoms with van der Waals surface area (Å²) in [6, 6.07) is 6.08. The van der Waals surface area contributed by atoms with Crippen LogP contribution in [0.1, 0.15) is 5.56 Å². The zero-order valence-electron chi connectivity index (χ0n) is 20.8. The summed E-state index contributed by atoms with van der Waals surface area (Å²) in [6.45, 7) is -1.20. The third-order valence-corrected chi connectivity index (χ3v) is 6.81. The molecule has 0 bridgehead atoms. The number of aliphatic hydroxyl groups is 5. The number of carbonyl (C=O) groups is 2. The Hall–Kier alpha value is -3.30. The van der Waals surface area contributed by atoms with Crippen LogP contribution in [0.15, 0.2) is 53.8 Å². The molecular formula is C26H30O13. The largest absolute Gasteiger partial charge is 0.508 e. The van der Waals surface area contributed by atoms with E-state index in [1.54, 1.807) is 12.1 Å². The summed E-state index contributed by atoms with van der Waals surface area (Å²) >= 11 is 0. The minimum absolute atomic E-state index is 0.00355. The number of esters is 2. The molecule has 2 heterocycles. The fourth-order valence-corrected chi connectivity index (χ4v) is 4.80. The second-order valence-corrected chi connectivity index (χ2v) is 9.18. The topological polar surface area (TPSA) is 202 Å². The van der Waals surface area contributed by atoms with Gasteiger partial charge in [0.1, 0.15) is 36.3 Å². The summed E-state index contributed by atoms with van der Waals surface area (Å²) in [5.74, 6) is -3.31. The van der Waals surface area contributed by atoms with Gasteiger partial charge in [-0.15, -0.1) is 0 Å². The van der Waals surface area contributed by atoms with E-state index in [9.17, 15) is 40.2 Å². The number of carbonyl (C=O) groups excluding carboxylic acids is 2. The molecule has 1 aromatic rings. The van der Waals surface area contributed by atoms with Crippen molar-refractivity contribution in [3.05, 3.63) is 59.4 Å². The van der Waals surface area contributed by atoms with E-state index in [1.165, 1.54) is 24.3 Å². The zero-order valence-corrected chi connectivity index (χ0v) is 20.8. The highest BCUT2D eigenvalue weighted by atomic mass is 16.8. The first-order valence-electron chi connectivity index (χ1n) is 12.1. The maximum absolute atomic E-state index is 12.7. The quantitative estimate of drug-likeness (QED) is 0.127. The van der Waals surface area contributed by atoms with Crippen LogP contribution >= 0.6 is 0 Å². The molecule has 39 heavy (non-hydrogen) atoms. The lowest BCUT2D eigenvalue weighted by Gasteiger charge is -2.43. The van der Waals surface area contributed by atoms with Gasteiger partial charge < -0.3 is 54.3 Å². The molecule has 0 amide bonds. The Labute approximate surface area is 222 Å². The summed E-state index contributed by atoms with van der Waals surface area (Å²) < 4.78 is 27.2. The van der Waals surface area contributed by atoms with Crippen molar-refractivity contribution in [2.45, 2.75) is 43.1 Å². The molecule has 13 heteroatoms. The molecule has 4 rings (SSSR count). The first-order valence-corrected chi connectivity index (χ1v) is 12.1. The van der Waals surface area contributed by atoms with E-state index in [2.05, 4.69) is 0 Å². The molecule has 0 saturated carbocycles. The number of benzene rings is 1. The molecular weight excluding hydrogens is 520 g/mol. The summed E-state index contributed by atoms with van der Waals surface area (Å²) in [5, 5.41) is 59.5. The van der Waals surface area contributed by atoms with E-state index in [-0.39, 0.29) is 11.3 Å². The van der Waals surface area contributed by atoms with Crippen LogP contribution < -0.4 is 0 Å². The van der Waals surface area contributed by atoms with Crippen LogP contribution in [-0.2, 0) is 33.3 Å². The molecule has 6 N–H and O–H groups in total. The van der Waals surface area contributed by atoms with Gasteiger partial charge in [0.2, 0.25) is 6.29 Å². The summed E-state index contributed by atoms with van der Waals surface area (Å²) in [6.07, 6.45) is -5.04. The van der Waals surface area contributed by atoms with Gasteiger partial charge in [0.25, 0.3) is 0 Å². The Bertz CT molecular complexity index is 1130. The number of rotatable bonds is 8. The van der Waals surface area contributed by atoms with E-state index in [4.69, 9.17) is 23.7 Å². The number of phenolic OH excluding ortho intramolecular Hbond substituents is 1. The van der Waals surface area contributed by atoms with Gasteiger partial charge in [0.05, 0.1) is 38.1 Å². The standard InChI is InChI=1S/C26H30O13/c1-35-24(34)15-11-36-25(39-26-23(33)22(32)21(31)17(10-28)38-26)19-13(9-27)8-16(20(15)19)37-18(30)7-4-12-2-5-14(29)6-3-12/h2-8,11,16-17,19-23,25-29,31-33H,9-10H2,1H3/b7-4+/t16-,17-,19-,20+,21-,22+,23-,25+,26+/m1/s1. The van der Waals surface area contributed by atoms with Crippen LogP contribution in [0.5, 0.6) is 5.75 Å². The van der Waals surface area contributed by atoms with Gasteiger partial charge in [-0.25, -0.2) is 9.59 Å². The first kappa shape index (κ1) is 28.7. The lowest BCUT2D eigenvalue weighted by molar-refractivity contribution is -0.340. The van der Waals surface area contributed by atoms with Crippen LogP contribution in [0.4, 0.5) is 0 Å². The number of aromatic hydroxyl groups is 1. The number of aliphatic hydroxyl groups excluding tert-OH is 5. The Morgan fingerprint density at radius 2 is 1.72 bits per heavy atom. The predicted octanol–water partition coefficient (Wildman–Crippen LogP) is -1.29. The van der Waals surface area contributed by atoms with Crippen molar-refractivity contribution in [2.24, 2.45) is 11.8 Å². The Morgan fingerprint density at radius 3 is 2.36 bits per heavy atom. The summed E-state index contributed by atoms with van der Waals surface area (Å²) in [7, 11) is 1.16. The molecule has 1 aromatic carbocycles. The Kier molecular flexibility index (Phi) is 9.02. The smallest absolute Gasteiger partial charge is 0.337 e. The average molecular weight is 551 g/mol. The highest BCUT2D eigenvalue weighted by Crippen LogP contribution is 2.45.